The molecule has 6 nitrogen and oxygen atoms in total. The van der Waals surface area contributed by atoms with Crippen LogP contribution in [0.2, 0.25) is 0 Å². The molecule has 11 rings (SSSR count). The van der Waals surface area contributed by atoms with Gasteiger partial charge in [-0.3, -0.25) is 9.98 Å². The van der Waals surface area contributed by atoms with Gasteiger partial charge in [-0.2, -0.15) is 0 Å². The third-order valence-corrected chi connectivity index (χ3v) is 11.9. The molecule has 1 unspecified atom stereocenters. The molecule has 58 heavy (non-hydrogen) atoms. The van der Waals surface area contributed by atoms with Crippen LogP contribution in [-0.2, 0) is 5.41 Å². The molecule has 276 valence electrons. The third kappa shape index (κ3) is 5.36. The summed E-state index contributed by atoms with van der Waals surface area (Å²) in [7, 11) is 0. The Balaban J connectivity index is 1.25. The van der Waals surface area contributed by atoms with E-state index in [9.17, 15) is 0 Å². The molecule has 0 spiro atoms. The van der Waals surface area contributed by atoms with Crippen molar-refractivity contribution < 1.29 is 0 Å². The third-order valence-electron chi connectivity index (χ3n) is 11.9. The van der Waals surface area contributed by atoms with Crippen molar-refractivity contribution in [1.29, 1.82) is 0 Å². The van der Waals surface area contributed by atoms with Gasteiger partial charge in [0.05, 0.1) is 29.2 Å². The van der Waals surface area contributed by atoms with Crippen LogP contribution in [0.3, 0.4) is 0 Å². The Bertz CT molecular complexity index is 3050. The van der Waals surface area contributed by atoms with E-state index < -0.39 is 0 Å². The molecule has 0 saturated heterocycles. The first kappa shape index (κ1) is 34.0. The van der Waals surface area contributed by atoms with E-state index in [-0.39, 0.29) is 11.3 Å². The van der Waals surface area contributed by atoms with Gasteiger partial charge in [-0.15, -0.1) is 0 Å². The Morgan fingerprint density at radius 1 is 0.586 bits per heavy atom. The van der Waals surface area contributed by atoms with Crippen molar-refractivity contribution in [3.8, 4) is 61.8 Å². The van der Waals surface area contributed by atoms with Gasteiger partial charge in [-0.25, -0.2) is 15.0 Å². The molecule has 4 heterocycles. The van der Waals surface area contributed by atoms with Gasteiger partial charge >= 0.3 is 0 Å². The van der Waals surface area contributed by atoms with Crippen molar-refractivity contribution in [2.75, 3.05) is 6.54 Å². The van der Waals surface area contributed by atoms with Gasteiger partial charge in [0.1, 0.15) is 5.82 Å². The van der Waals surface area contributed by atoms with Crippen LogP contribution in [0.25, 0.3) is 83.6 Å². The fourth-order valence-electron chi connectivity index (χ4n) is 9.21. The zero-order valence-electron chi connectivity index (χ0n) is 32.2. The number of hydrogen-bond acceptors (Lipinski definition) is 5. The smallest absolute Gasteiger partial charge is 0.165 e. The second-order valence-electron chi connectivity index (χ2n) is 15.6. The lowest BCUT2D eigenvalue weighted by molar-refractivity contribution is 0.666. The number of rotatable bonds is 6. The zero-order chi connectivity index (χ0) is 38.8. The predicted molar refractivity (Wildman–Crippen MR) is 237 cm³/mol. The van der Waals surface area contributed by atoms with Gasteiger partial charge in [0.2, 0.25) is 0 Å². The lowest BCUT2D eigenvalue weighted by Gasteiger charge is -2.23. The lowest BCUT2D eigenvalue weighted by Crippen LogP contribution is -2.15. The number of fused-ring (bicyclic) bond motifs is 7. The van der Waals surface area contributed by atoms with Crippen LogP contribution in [0, 0.1) is 0 Å². The Morgan fingerprint density at radius 3 is 1.97 bits per heavy atom. The molecule has 3 aromatic heterocycles. The topological polar surface area (TPSA) is 68.8 Å². The van der Waals surface area contributed by atoms with Crippen LogP contribution in [0.1, 0.15) is 36.7 Å². The Labute approximate surface area is 337 Å². The molecule has 0 radical (unpaired) electrons. The fourth-order valence-corrected chi connectivity index (χ4v) is 9.21. The van der Waals surface area contributed by atoms with Gasteiger partial charge in [0.15, 0.2) is 11.6 Å². The number of dihydropyridines is 1. The van der Waals surface area contributed by atoms with Gasteiger partial charge in [-0.1, -0.05) is 129 Å². The van der Waals surface area contributed by atoms with Crippen LogP contribution in [-0.4, -0.2) is 37.3 Å². The van der Waals surface area contributed by atoms with E-state index in [1.807, 2.05) is 30.6 Å². The van der Waals surface area contributed by atoms with Crippen molar-refractivity contribution in [2.45, 2.75) is 25.2 Å². The van der Waals surface area contributed by atoms with Crippen LogP contribution < -0.4 is 0 Å². The summed E-state index contributed by atoms with van der Waals surface area (Å²) in [5.74, 6) is 1.80. The van der Waals surface area contributed by atoms with E-state index in [1.165, 1.54) is 38.5 Å². The van der Waals surface area contributed by atoms with Crippen molar-refractivity contribution >= 4 is 28.0 Å². The number of aliphatic imine (C=N–C) groups is 1. The number of allylic oxidation sites excluding steroid dienone is 1. The van der Waals surface area contributed by atoms with E-state index in [2.05, 4.69) is 168 Å². The van der Waals surface area contributed by atoms with Gasteiger partial charge in [-0.05, 0) is 75.9 Å². The molecular weight excluding hydrogens is 709 g/mol. The summed E-state index contributed by atoms with van der Waals surface area (Å²) < 4.78 is 2.50. The largest absolute Gasteiger partial charge is 0.308 e. The summed E-state index contributed by atoms with van der Waals surface area (Å²) >= 11 is 0. The molecule has 1 aliphatic heterocycles. The molecule has 0 N–H and O–H groups in total. The number of para-hydroxylation sites is 1. The average molecular weight is 747 g/mol. The lowest BCUT2D eigenvalue weighted by atomic mass is 9.80. The minimum Gasteiger partial charge on any atom is -0.308 e. The van der Waals surface area contributed by atoms with Crippen molar-refractivity contribution in [2.24, 2.45) is 4.99 Å². The number of nitrogens with zero attached hydrogens (tertiary/aromatic N) is 6. The number of benzene rings is 6. The highest BCUT2D eigenvalue weighted by Gasteiger charge is 2.38. The maximum Gasteiger partial charge on any atom is 0.165 e. The standard InChI is InChI=1S/C52H38N6/c1-52(2)43-23-11-9-21-38(43)39-25-26-45-46(47(39)52)40-22-10-12-24-44(40)58(45)48-41(33-15-5-3-6-16-33)29-37(30-42(48)34-17-7-4-8-18-34)51-56-49(35-19-13-27-53-31-35)55-50(57-51)36-20-14-28-54-32-36/h3-31,36H,32H2,1-2H3. The maximum atomic E-state index is 5.22. The van der Waals surface area contributed by atoms with Crippen molar-refractivity contribution in [3.05, 3.63) is 187 Å². The monoisotopic (exact) mass is 746 g/mol. The second-order valence-corrected chi connectivity index (χ2v) is 15.6. The maximum absolute atomic E-state index is 5.22. The van der Waals surface area contributed by atoms with Crippen LogP contribution >= 0.6 is 0 Å². The molecule has 9 aromatic rings. The number of hydrogen-bond donors (Lipinski definition) is 0. The van der Waals surface area contributed by atoms with E-state index >= 15 is 0 Å². The first-order valence-corrected chi connectivity index (χ1v) is 19.8. The van der Waals surface area contributed by atoms with Crippen LogP contribution in [0.15, 0.2) is 175 Å². The molecule has 0 bridgehead atoms. The highest BCUT2D eigenvalue weighted by atomic mass is 15.0. The minimum atomic E-state index is -0.185. The molecule has 0 amide bonds. The van der Waals surface area contributed by atoms with E-state index in [0.29, 0.717) is 24.0 Å². The average Bonchev–Trinajstić information content (AvgIpc) is 3.75. The molecule has 1 aliphatic carbocycles. The van der Waals surface area contributed by atoms with E-state index in [0.717, 1.165) is 44.6 Å². The normalized spacial score (nSPS) is 15.2. The van der Waals surface area contributed by atoms with Crippen molar-refractivity contribution in [3.63, 3.8) is 0 Å². The first-order chi connectivity index (χ1) is 28.5. The van der Waals surface area contributed by atoms with Crippen molar-refractivity contribution in [1.82, 2.24) is 24.5 Å². The summed E-state index contributed by atoms with van der Waals surface area (Å²) in [4.78, 5) is 24.3. The SMILES string of the molecule is CC1(C)c2ccccc2-c2ccc3c(c21)c1ccccc1n3-c1c(-c2ccccc2)cc(-c2nc(-c3cccnc3)nc(C3C=CC=NC3)n2)cc1-c1ccccc1. The summed E-state index contributed by atoms with van der Waals surface area (Å²) in [5.41, 5.74) is 14.7. The van der Waals surface area contributed by atoms with E-state index in [1.54, 1.807) is 6.20 Å². The highest BCUT2D eigenvalue weighted by Crippen LogP contribution is 2.54. The predicted octanol–water partition coefficient (Wildman–Crippen LogP) is 12.1. The summed E-state index contributed by atoms with van der Waals surface area (Å²) in [6.45, 7) is 5.33. The number of aromatic nitrogens is 5. The minimum absolute atomic E-state index is 0.0710. The van der Waals surface area contributed by atoms with Gasteiger partial charge < -0.3 is 4.57 Å². The molecule has 6 heteroatoms. The summed E-state index contributed by atoms with van der Waals surface area (Å²) in [5, 5.41) is 2.53. The molecule has 6 aromatic carbocycles. The molecule has 0 saturated carbocycles. The second kappa shape index (κ2) is 13.4. The molecular formula is C52H38N6. The molecule has 0 fully saturated rings. The Kier molecular flexibility index (Phi) is 7.86. The molecule has 1 atom stereocenters. The highest BCUT2D eigenvalue weighted by molar-refractivity contribution is 6.15. The number of pyridine rings is 1. The quantitative estimate of drug-likeness (QED) is 0.170. The van der Waals surface area contributed by atoms with Gasteiger partial charge in [0.25, 0.3) is 0 Å². The van der Waals surface area contributed by atoms with Crippen LogP contribution in [0.4, 0.5) is 0 Å². The summed E-state index contributed by atoms with van der Waals surface area (Å²) in [6, 6.07) is 52.3. The first-order valence-electron chi connectivity index (χ1n) is 19.8. The van der Waals surface area contributed by atoms with E-state index in [4.69, 9.17) is 15.0 Å². The fraction of sp³-hybridized carbons (Fsp3) is 0.0962. The zero-order valence-corrected chi connectivity index (χ0v) is 32.2. The van der Waals surface area contributed by atoms with Gasteiger partial charge in [0, 0.05) is 57.0 Å². The Morgan fingerprint density at radius 2 is 1.26 bits per heavy atom. The summed E-state index contributed by atoms with van der Waals surface area (Å²) in [6.07, 6.45) is 9.50. The van der Waals surface area contributed by atoms with Crippen LogP contribution in [0.5, 0.6) is 0 Å². The Hall–Kier alpha value is -7.31. The molecule has 2 aliphatic rings.